The number of aliphatic carboxylic acids is 1. The van der Waals surface area contributed by atoms with E-state index in [1.54, 1.807) is 0 Å². The Morgan fingerprint density at radius 2 is 2.13 bits per heavy atom. The maximum Gasteiger partial charge on any atom is 0.319 e. The number of carbonyl (C=O) groups is 1. The summed E-state index contributed by atoms with van der Waals surface area (Å²) in [6.45, 7) is 0.356. The van der Waals surface area contributed by atoms with E-state index in [0.717, 1.165) is 0 Å². The smallest absolute Gasteiger partial charge is 0.319 e. The van der Waals surface area contributed by atoms with Gasteiger partial charge >= 0.3 is 5.97 Å². The van der Waals surface area contributed by atoms with Crippen molar-refractivity contribution in [2.24, 2.45) is 5.73 Å². The summed E-state index contributed by atoms with van der Waals surface area (Å²) < 4.78 is 12.0. The number of carboxylic acid groups (broad SMARTS) is 1. The number of carboxylic acids is 1. The molecule has 15 heavy (non-hydrogen) atoms. The second-order valence-corrected chi connectivity index (χ2v) is 6.82. The van der Waals surface area contributed by atoms with Crippen LogP contribution in [0.3, 0.4) is 0 Å². The highest BCUT2D eigenvalue weighted by atomic mass is 31.2. The molecule has 2 atom stereocenters. The van der Waals surface area contributed by atoms with Gasteiger partial charge in [0, 0.05) is 6.16 Å². The number of rotatable bonds is 4. The molecular formula is C9H18NO4P. The zero-order valence-electron chi connectivity index (χ0n) is 8.69. The average Bonchev–Trinajstić information content (AvgIpc) is 2.15. The van der Waals surface area contributed by atoms with Crippen LogP contribution < -0.4 is 5.73 Å². The number of hydrogen-bond donors (Lipinski definition) is 3. The predicted octanol–water partition coefficient (Wildman–Crippen LogP) is 1.00. The molecule has 88 valence electrons. The third kappa shape index (κ3) is 2.25. The van der Waals surface area contributed by atoms with Crippen LogP contribution in [0, 0.1) is 0 Å². The summed E-state index contributed by atoms with van der Waals surface area (Å²) in [6, 6.07) is 0. The van der Waals surface area contributed by atoms with E-state index in [-0.39, 0.29) is 12.6 Å². The largest absolute Gasteiger partial charge is 0.480 e. The van der Waals surface area contributed by atoms with E-state index < -0.39 is 18.5 Å². The summed E-state index contributed by atoms with van der Waals surface area (Å²) in [4.78, 5) is 21.0. The Balaban J connectivity index is 2.96. The molecule has 4 N–H and O–H groups in total. The minimum Gasteiger partial charge on any atom is -0.480 e. The van der Waals surface area contributed by atoms with E-state index in [2.05, 4.69) is 0 Å². The molecule has 0 aromatic carbocycles. The van der Waals surface area contributed by atoms with Crippen molar-refractivity contribution in [3.8, 4) is 0 Å². The van der Waals surface area contributed by atoms with Gasteiger partial charge in [0.2, 0.25) is 7.37 Å². The first-order chi connectivity index (χ1) is 6.96. The lowest BCUT2D eigenvalue weighted by Gasteiger charge is -2.37. The van der Waals surface area contributed by atoms with Gasteiger partial charge in [0.05, 0.1) is 0 Å². The zero-order valence-corrected chi connectivity index (χ0v) is 9.58. The summed E-state index contributed by atoms with van der Waals surface area (Å²) in [6.07, 6.45) is 2.48. The van der Waals surface area contributed by atoms with Crippen LogP contribution >= 0.6 is 7.37 Å². The van der Waals surface area contributed by atoms with Crippen molar-refractivity contribution in [1.29, 1.82) is 0 Å². The fraction of sp³-hybridized carbons (Fsp3) is 0.889. The number of hydrogen-bond acceptors (Lipinski definition) is 3. The monoisotopic (exact) mass is 235 g/mol. The van der Waals surface area contributed by atoms with Crippen molar-refractivity contribution < 1.29 is 19.4 Å². The Bertz CT molecular complexity index is 294. The van der Waals surface area contributed by atoms with Gasteiger partial charge in [0.15, 0.2) is 0 Å². The predicted molar refractivity (Wildman–Crippen MR) is 57.2 cm³/mol. The molecule has 1 heterocycles. The Labute approximate surface area is 89.1 Å². The lowest BCUT2D eigenvalue weighted by Crippen LogP contribution is -2.41. The molecule has 0 aromatic rings. The average molecular weight is 235 g/mol. The molecule has 0 aliphatic carbocycles. The summed E-state index contributed by atoms with van der Waals surface area (Å²) in [5.74, 6) is -1.14. The highest BCUT2D eigenvalue weighted by Gasteiger charge is 2.54. The maximum absolute atomic E-state index is 12.0. The summed E-state index contributed by atoms with van der Waals surface area (Å²) in [5, 5.41) is 7.75. The van der Waals surface area contributed by atoms with Crippen LogP contribution in [0.25, 0.3) is 0 Å². The van der Waals surface area contributed by atoms with Gasteiger partial charge < -0.3 is 15.7 Å². The van der Waals surface area contributed by atoms with E-state index in [4.69, 9.17) is 5.73 Å². The van der Waals surface area contributed by atoms with Crippen molar-refractivity contribution in [3.63, 3.8) is 0 Å². The molecule has 2 unspecified atom stereocenters. The Kier molecular flexibility index (Phi) is 3.93. The molecule has 0 amide bonds. The molecule has 1 rings (SSSR count). The van der Waals surface area contributed by atoms with Gasteiger partial charge in [-0.05, 0) is 32.2 Å². The molecule has 5 nitrogen and oxygen atoms in total. The lowest BCUT2D eigenvalue weighted by atomic mass is 9.95. The van der Waals surface area contributed by atoms with Crippen molar-refractivity contribution in [2.45, 2.75) is 37.3 Å². The molecule has 1 fully saturated rings. The second kappa shape index (κ2) is 4.64. The molecular weight excluding hydrogens is 217 g/mol. The van der Waals surface area contributed by atoms with E-state index in [9.17, 15) is 19.4 Å². The summed E-state index contributed by atoms with van der Waals surface area (Å²) >= 11 is 0. The Morgan fingerprint density at radius 1 is 1.47 bits per heavy atom. The van der Waals surface area contributed by atoms with Crippen molar-refractivity contribution in [3.05, 3.63) is 0 Å². The van der Waals surface area contributed by atoms with E-state index >= 15 is 0 Å². The highest BCUT2D eigenvalue weighted by Crippen LogP contribution is 2.62. The van der Waals surface area contributed by atoms with Gasteiger partial charge in [-0.1, -0.05) is 6.42 Å². The van der Waals surface area contributed by atoms with Crippen LogP contribution in [0.15, 0.2) is 0 Å². The summed E-state index contributed by atoms with van der Waals surface area (Å²) in [7, 11) is -3.57. The van der Waals surface area contributed by atoms with Crippen LogP contribution in [0.2, 0.25) is 0 Å². The first-order valence-electron chi connectivity index (χ1n) is 5.22. The zero-order chi connectivity index (χ0) is 11.5. The van der Waals surface area contributed by atoms with Gasteiger partial charge in [-0.15, -0.1) is 0 Å². The third-order valence-corrected chi connectivity index (χ3v) is 6.06. The van der Waals surface area contributed by atoms with Crippen LogP contribution in [0.4, 0.5) is 0 Å². The molecule has 1 aliphatic heterocycles. The van der Waals surface area contributed by atoms with Crippen molar-refractivity contribution >= 4 is 13.3 Å². The normalized spacial score (nSPS) is 36.4. The molecule has 0 radical (unpaired) electrons. The molecule has 6 heteroatoms. The minimum absolute atomic E-state index is 0.129. The van der Waals surface area contributed by atoms with Crippen LogP contribution in [-0.2, 0) is 9.36 Å². The van der Waals surface area contributed by atoms with Gasteiger partial charge in [-0.3, -0.25) is 9.36 Å². The quantitative estimate of drug-likeness (QED) is 0.631. The van der Waals surface area contributed by atoms with E-state index in [1.165, 1.54) is 0 Å². The topological polar surface area (TPSA) is 101 Å². The third-order valence-electron chi connectivity index (χ3n) is 3.16. The molecule has 0 spiro atoms. The fourth-order valence-corrected chi connectivity index (χ4v) is 4.58. The highest BCUT2D eigenvalue weighted by molar-refractivity contribution is 7.60. The first kappa shape index (κ1) is 12.7. The fourth-order valence-electron chi connectivity index (χ4n) is 2.19. The molecule has 0 aromatic heterocycles. The van der Waals surface area contributed by atoms with Crippen molar-refractivity contribution in [2.75, 3.05) is 12.7 Å². The lowest BCUT2D eigenvalue weighted by molar-refractivity contribution is -0.141. The van der Waals surface area contributed by atoms with Gasteiger partial charge in [-0.25, -0.2) is 0 Å². The Hall–Kier alpha value is -0.380. The molecule has 0 saturated carbocycles. The molecule has 0 bridgehead atoms. The van der Waals surface area contributed by atoms with Gasteiger partial charge in [0.1, 0.15) is 5.16 Å². The van der Waals surface area contributed by atoms with Gasteiger partial charge in [-0.2, -0.15) is 0 Å². The standard InChI is InChI=1S/C9H18NO4P/c10-6-3-5-9(8(11)12)4-1-2-7-15(9,13)14/h1-7,10H2,(H,11,12)(H,13,14). The molecule has 1 aliphatic rings. The SMILES string of the molecule is NCCCC1(C(=O)O)CCCCP1(=O)O. The van der Waals surface area contributed by atoms with Crippen LogP contribution in [0.1, 0.15) is 32.1 Å². The van der Waals surface area contributed by atoms with E-state index in [0.29, 0.717) is 32.2 Å². The Morgan fingerprint density at radius 3 is 2.60 bits per heavy atom. The first-order valence-corrected chi connectivity index (χ1v) is 7.06. The molecule has 1 saturated heterocycles. The second-order valence-electron chi connectivity index (χ2n) is 4.11. The maximum atomic E-state index is 12.0. The van der Waals surface area contributed by atoms with Crippen LogP contribution in [-0.4, -0.2) is 33.8 Å². The minimum atomic E-state index is -3.57. The summed E-state index contributed by atoms with van der Waals surface area (Å²) in [5.41, 5.74) is 5.33. The van der Waals surface area contributed by atoms with Crippen LogP contribution in [0.5, 0.6) is 0 Å². The van der Waals surface area contributed by atoms with Gasteiger partial charge in [0.25, 0.3) is 0 Å². The number of nitrogens with two attached hydrogens (primary N) is 1. The van der Waals surface area contributed by atoms with E-state index in [1.807, 2.05) is 0 Å². The van der Waals surface area contributed by atoms with Crippen molar-refractivity contribution in [1.82, 2.24) is 0 Å².